The molecule has 0 aliphatic rings. The van der Waals surface area contributed by atoms with Crippen molar-refractivity contribution >= 4 is 11.9 Å². The van der Waals surface area contributed by atoms with Gasteiger partial charge in [0, 0.05) is 30.3 Å². The summed E-state index contributed by atoms with van der Waals surface area (Å²) in [6.07, 6.45) is 2.09. The van der Waals surface area contributed by atoms with Gasteiger partial charge in [-0.1, -0.05) is 13.0 Å². The van der Waals surface area contributed by atoms with Crippen LogP contribution in [0.25, 0.3) is 0 Å². The molecule has 0 saturated carbocycles. The molecule has 3 amide bonds. The number of carbonyl (C=O) groups excluding carboxylic acids is 2. The fourth-order valence-corrected chi connectivity index (χ4v) is 1.17. The third-order valence-electron chi connectivity index (χ3n) is 2.20. The lowest BCUT2D eigenvalue weighted by molar-refractivity contribution is -0.121. The SMILES string of the molecule is C=CCNC(=O)NCCOCCOCCNC(=O)CC.[HH].[HH].[HH]. The van der Waals surface area contributed by atoms with Gasteiger partial charge < -0.3 is 25.4 Å². The Hall–Kier alpha value is -1.60. The number of carbonyl (C=O) groups is 2. The van der Waals surface area contributed by atoms with Crippen molar-refractivity contribution in [2.75, 3.05) is 46.1 Å². The van der Waals surface area contributed by atoms with E-state index in [0.717, 1.165) is 0 Å². The van der Waals surface area contributed by atoms with E-state index in [0.29, 0.717) is 52.5 Å². The Balaban J connectivity index is -0.000000602. The lowest BCUT2D eigenvalue weighted by atomic mass is 10.4. The molecule has 0 atom stereocenters. The smallest absolute Gasteiger partial charge is 0.315 e. The summed E-state index contributed by atoms with van der Waals surface area (Å²) in [6.45, 7) is 8.50. The van der Waals surface area contributed by atoms with Crippen molar-refractivity contribution in [3.63, 3.8) is 0 Å². The first-order valence-electron chi connectivity index (χ1n) is 6.75. The number of hydrogen-bond acceptors (Lipinski definition) is 4. The van der Waals surface area contributed by atoms with Gasteiger partial charge in [0.05, 0.1) is 26.4 Å². The lowest BCUT2D eigenvalue weighted by Crippen LogP contribution is -2.37. The maximum absolute atomic E-state index is 11.1. The van der Waals surface area contributed by atoms with Gasteiger partial charge in [-0.3, -0.25) is 4.79 Å². The van der Waals surface area contributed by atoms with Crippen molar-refractivity contribution in [2.24, 2.45) is 0 Å². The fraction of sp³-hybridized carbons (Fsp3) is 0.692. The van der Waals surface area contributed by atoms with Crippen LogP contribution in [0.4, 0.5) is 4.79 Å². The van der Waals surface area contributed by atoms with Gasteiger partial charge in [0.2, 0.25) is 5.91 Å². The molecule has 0 heterocycles. The Morgan fingerprint density at radius 3 is 2.20 bits per heavy atom. The Morgan fingerprint density at radius 1 is 1.05 bits per heavy atom. The molecule has 0 aromatic rings. The Morgan fingerprint density at radius 2 is 1.65 bits per heavy atom. The highest BCUT2D eigenvalue weighted by Crippen LogP contribution is 1.79. The Bertz CT molecular complexity index is 298. The van der Waals surface area contributed by atoms with Crippen LogP contribution >= 0.6 is 0 Å². The van der Waals surface area contributed by atoms with Crippen LogP contribution in [0.1, 0.15) is 17.6 Å². The molecular weight excluding hydrogens is 262 g/mol. The zero-order valence-corrected chi connectivity index (χ0v) is 12.1. The van der Waals surface area contributed by atoms with E-state index < -0.39 is 0 Å². The second-order valence-electron chi connectivity index (χ2n) is 3.85. The maximum atomic E-state index is 11.1. The molecule has 7 nitrogen and oxygen atoms in total. The topological polar surface area (TPSA) is 88.7 Å². The molecule has 0 fully saturated rings. The van der Waals surface area contributed by atoms with E-state index in [2.05, 4.69) is 22.5 Å². The molecule has 0 unspecified atom stereocenters. The minimum absolute atomic E-state index is 0. The van der Waals surface area contributed by atoms with Crippen LogP contribution in [0.3, 0.4) is 0 Å². The standard InChI is InChI=1S/C13H25N3O4.3H2/c1-3-5-15-13(18)16-7-9-20-11-10-19-8-6-14-12(17)4-2;;;/h3H,1,4-11H2,2H3,(H,14,17)(H2,15,16,18);3*1H. The Labute approximate surface area is 124 Å². The number of ether oxygens (including phenoxy) is 2. The van der Waals surface area contributed by atoms with Crippen molar-refractivity contribution in [1.82, 2.24) is 16.0 Å². The van der Waals surface area contributed by atoms with Crippen molar-refractivity contribution in [3.8, 4) is 0 Å². The van der Waals surface area contributed by atoms with E-state index in [1.54, 1.807) is 13.0 Å². The second kappa shape index (κ2) is 13.8. The molecule has 0 aliphatic carbocycles. The third-order valence-corrected chi connectivity index (χ3v) is 2.20. The first kappa shape index (κ1) is 18.4. The third kappa shape index (κ3) is 12.8. The van der Waals surface area contributed by atoms with Crippen LogP contribution in [-0.4, -0.2) is 58.0 Å². The fourth-order valence-electron chi connectivity index (χ4n) is 1.17. The highest BCUT2D eigenvalue weighted by atomic mass is 16.5. The average Bonchev–Trinajstić information content (AvgIpc) is 2.46. The van der Waals surface area contributed by atoms with Crippen molar-refractivity contribution in [3.05, 3.63) is 12.7 Å². The van der Waals surface area contributed by atoms with Gasteiger partial charge in [0.25, 0.3) is 0 Å². The molecule has 0 aromatic carbocycles. The van der Waals surface area contributed by atoms with Crippen LogP contribution in [0, 0.1) is 0 Å². The van der Waals surface area contributed by atoms with E-state index in [-0.39, 0.29) is 16.2 Å². The largest absolute Gasteiger partial charge is 0.377 e. The predicted octanol–water partition coefficient (Wildman–Crippen LogP) is 0.769. The van der Waals surface area contributed by atoms with E-state index in [4.69, 9.17) is 9.47 Å². The van der Waals surface area contributed by atoms with Gasteiger partial charge in [0.15, 0.2) is 0 Å². The first-order chi connectivity index (χ1) is 9.70. The normalized spacial score (nSPS) is 9.85. The summed E-state index contributed by atoms with van der Waals surface area (Å²) in [4.78, 5) is 22.0. The van der Waals surface area contributed by atoms with E-state index in [1.807, 2.05) is 0 Å². The summed E-state index contributed by atoms with van der Waals surface area (Å²) in [5.74, 6) is 0.0191. The molecule has 3 N–H and O–H groups in total. The summed E-state index contributed by atoms with van der Waals surface area (Å²) in [7, 11) is 0. The molecular formula is C13H31N3O4. The summed E-state index contributed by atoms with van der Waals surface area (Å²) < 4.78 is 10.5. The summed E-state index contributed by atoms with van der Waals surface area (Å²) in [5, 5.41) is 7.93. The van der Waals surface area contributed by atoms with Gasteiger partial charge in [-0.15, -0.1) is 6.58 Å². The summed E-state index contributed by atoms with van der Waals surface area (Å²) >= 11 is 0. The number of amides is 3. The first-order valence-corrected chi connectivity index (χ1v) is 6.75. The second-order valence-corrected chi connectivity index (χ2v) is 3.85. The van der Waals surface area contributed by atoms with Crippen molar-refractivity contribution < 1.29 is 23.3 Å². The minimum atomic E-state index is -0.239. The van der Waals surface area contributed by atoms with E-state index in [1.165, 1.54) is 0 Å². The quantitative estimate of drug-likeness (QED) is 0.366. The summed E-state index contributed by atoms with van der Waals surface area (Å²) in [6, 6.07) is -0.239. The highest BCUT2D eigenvalue weighted by Gasteiger charge is 1.97. The van der Waals surface area contributed by atoms with Gasteiger partial charge in [-0.25, -0.2) is 4.79 Å². The molecule has 0 rings (SSSR count). The lowest BCUT2D eigenvalue weighted by Gasteiger charge is -2.08. The zero-order valence-electron chi connectivity index (χ0n) is 12.1. The van der Waals surface area contributed by atoms with Crippen molar-refractivity contribution in [1.29, 1.82) is 0 Å². The van der Waals surface area contributed by atoms with E-state index in [9.17, 15) is 9.59 Å². The maximum Gasteiger partial charge on any atom is 0.315 e. The molecule has 0 bridgehead atoms. The minimum Gasteiger partial charge on any atom is -0.377 e. The molecule has 0 spiro atoms. The average molecular weight is 293 g/mol. The predicted molar refractivity (Wildman–Crippen MR) is 82.9 cm³/mol. The highest BCUT2D eigenvalue weighted by molar-refractivity contribution is 5.75. The monoisotopic (exact) mass is 293 g/mol. The van der Waals surface area contributed by atoms with Crippen LogP contribution in [0.2, 0.25) is 0 Å². The van der Waals surface area contributed by atoms with Crippen LogP contribution in [0.5, 0.6) is 0 Å². The molecule has 122 valence electrons. The van der Waals surface area contributed by atoms with Crippen LogP contribution in [-0.2, 0) is 14.3 Å². The van der Waals surface area contributed by atoms with Gasteiger partial charge in [-0.05, 0) is 0 Å². The molecule has 0 aliphatic heterocycles. The molecule has 7 heteroatoms. The Kier molecular flexibility index (Phi) is 12.7. The number of hydrogen-bond donors (Lipinski definition) is 3. The number of rotatable bonds is 12. The molecule has 0 radical (unpaired) electrons. The van der Waals surface area contributed by atoms with Crippen LogP contribution < -0.4 is 16.0 Å². The van der Waals surface area contributed by atoms with Crippen molar-refractivity contribution in [2.45, 2.75) is 13.3 Å². The van der Waals surface area contributed by atoms with Gasteiger partial charge >= 0.3 is 6.03 Å². The van der Waals surface area contributed by atoms with E-state index >= 15 is 0 Å². The zero-order chi connectivity index (χ0) is 15.1. The van der Waals surface area contributed by atoms with Gasteiger partial charge in [0.1, 0.15) is 0 Å². The molecule has 0 saturated heterocycles. The number of nitrogens with one attached hydrogen (secondary N) is 3. The van der Waals surface area contributed by atoms with Crippen LogP contribution in [0.15, 0.2) is 12.7 Å². The molecule has 0 aromatic heterocycles. The summed E-state index contributed by atoms with van der Waals surface area (Å²) in [5.41, 5.74) is 0. The van der Waals surface area contributed by atoms with Gasteiger partial charge in [-0.2, -0.15) is 0 Å². The number of urea groups is 1. The molecule has 20 heavy (non-hydrogen) atoms.